The average Bonchev–Trinajstić information content (AvgIpc) is 3.09. The number of aliphatic hydroxyl groups excluding tert-OH is 2. The van der Waals surface area contributed by atoms with Crippen LogP contribution in [0.2, 0.25) is 0 Å². The first-order valence-corrected chi connectivity index (χ1v) is 13.7. The Bertz CT molecular complexity index is 1220. The monoisotopic (exact) mass is 496 g/mol. The highest BCUT2D eigenvalue weighted by atomic mass is 28.3. The molecule has 0 radical (unpaired) electrons. The lowest BCUT2D eigenvalue weighted by molar-refractivity contribution is -0.150. The molecule has 4 atom stereocenters. The van der Waals surface area contributed by atoms with Crippen molar-refractivity contribution < 1.29 is 20.1 Å². The lowest BCUT2D eigenvalue weighted by Crippen LogP contribution is -2.73. The molecule has 4 N–H and O–H groups in total. The van der Waals surface area contributed by atoms with Crippen LogP contribution in [0.25, 0.3) is 0 Å². The maximum absolute atomic E-state index is 13.4. The summed E-state index contributed by atoms with van der Waals surface area (Å²) in [5.41, 5.74) is -2.94. The Morgan fingerprint density at radius 1 is 1.06 bits per heavy atom. The normalized spacial score (nSPS) is 26.3. The summed E-state index contributed by atoms with van der Waals surface area (Å²) >= 11 is 0. The van der Waals surface area contributed by atoms with Gasteiger partial charge >= 0.3 is 5.69 Å². The van der Waals surface area contributed by atoms with Crippen molar-refractivity contribution in [2.75, 3.05) is 6.61 Å². The van der Waals surface area contributed by atoms with Crippen LogP contribution in [0.15, 0.2) is 76.4 Å². The molecule has 1 aromatic heterocycles. The highest BCUT2D eigenvalue weighted by Crippen LogP contribution is 2.47. The number of rotatable bonds is 8. The van der Waals surface area contributed by atoms with Gasteiger partial charge in [-0.05, 0) is 13.3 Å². The maximum Gasteiger partial charge on any atom is 0.330 e. The van der Waals surface area contributed by atoms with E-state index in [4.69, 9.17) is 4.74 Å². The number of ether oxygens (including phenoxy) is 1. The molecule has 0 saturated carbocycles. The van der Waals surface area contributed by atoms with Crippen molar-refractivity contribution in [1.29, 1.82) is 0 Å². The van der Waals surface area contributed by atoms with E-state index in [9.17, 15) is 24.9 Å². The molecular weight excluding hydrogens is 464 g/mol. The molecule has 2 aromatic carbocycles. The molecule has 2 heterocycles. The molecule has 35 heavy (non-hydrogen) atoms. The standard InChI is InChI=1S/C26H32N2O6Si/c1-3-4-15-25(33)22(30)21(17-29)34-26(25,28-16-18(2)23(31)27-24(28)32)35(19-11-7-5-8-12-19)20-13-9-6-10-14-20/h5-14,16,21-22,29-30,33,35H,3-4,15,17H2,1-2H3,(H,27,31,32)/t21-,22-,25-,26+/m1/s1. The second-order valence-corrected chi connectivity index (χ2v) is 12.2. The molecule has 8 nitrogen and oxygen atoms in total. The van der Waals surface area contributed by atoms with Crippen LogP contribution < -0.4 is 21.6 Å². The van der Waals surface area contributed by atoms with Crippen LogP contribution in [0.1, 0.15) is 31.7 Å². The van der Waals surface area contributed by atoms with Crippen LogP contribution in [0.4, 0.5) is 0 Å². The Morgan fingerprint density at radius 2 is 1.63 bits per heavy atom. The van der Waals surface area contributed by atoms with Crippen LogP contribution in [-0.2, 0) is 10.1 Å². The summed E-state index contributed by atoms with van der Waals surface area (Å²) < 4.78 is 7.77. The van der Waals surface area contributed by atoms with Crippen LogP contribution in [-0.4, -0.2) is 58.1 Å². The highest BCUT2D eigenvalue weighted by Gasteiger charge is 2.69. The van der Waals surface area contributed by atoms with Gasteiger partial charge in [0, 0.05) is 11.8 Å². The van der Waals surface area contributed by atoms with Gasteiger partial charge in [-0.2, -0.15) is 0 Å². The van der Waals surface area contributed by atoms with Gasteiger partial charge in [0.1, 0.15) is 17.8 Å². The molecule has 1 fully saturated rings. The topological polar surface area (TPSA) is 125 Å². The Labute approximate surface area is 205 Å². The van der Waals surface area contributed by atoms with Gasteiger partial charge in [-0.3, -0.25) is 14.3 Å². The Morgan fingerprint density at radius 3 is 2.14 bits per heavy atom. The number of aryl methyl sites for hydroxylation is 1. The summed E-state index contributed by atoms with van der Waals surface area (Å²) in [5.74, 6) is 0. The summed E-state index contributed by atoms with van der Waals surface area (Å²) in [4.78, 5) is 28.0. The van der Waals surface area contributed by atoms with Crippen molar-refractivity contribution in [2.45, 2.75) is 56.3 Å². The minimum Gasteiger partial charge on any atom is -0.394 e. The van der Waals surface area contributed by atoms with E-state index >= 15 is 0 Å². The Hall–Kier alpha value is -2.82. The molecule has 186 valence electrons. The van der Waals surface area contributed by atoms with Crippen molar-refractivity contribution in [3.63, 3.8) is 0 Å². The summed E-state index contributed by atoms with van der Waals surface area (Å²) in [5, 5.41) is 34.0. The predicted octanol–water partition coefficient (Wildman–Crippen LogP) is -0.248. The van der Waals surface area contributed by atoms with Gasteiger partial charge in [0.2, 0.25) is 0 Å². The first-order chi connectivity index (χ1) is 16.8. The van der Waals surface area contributed by atoms with Gasteiger partial charge in [-0.1, -0.05) is 90.8 Å². The van der Waals surface area contributed by atoms with E-state index in [1.165, 1.54) is 10.8 Å². The Balaban J connectivity index is 2.15. The fourth-order valence-corrected chi connectivity index (χ4v) is 9.40. The third-order valence-corrected chi connectivity index (χ3v) is 10.8. The molecule has 0 amide bonds. The first kappa shape index (κ1) is 25.3. The lowest BCUT2D eigenvalue weighted by Gasteiger charge is -2.47. The van der Waals surface area contributed by atoms with Crippen LogP contribution in [0.5, 0.6) is 0 Å². The number of H-pyrrole nitrogens is 1. The third-order valence-electron chi connectivity index (χ3n) is 7.02. The van der Waals surface area contributed by atoms with E-state index in [1.807, 2.05) is 67.6 Å². The van der Waals surface area contributed by atoms with Crippen molar-refractivity contribution in [3.05, 3.63) is 93.3 Å². The van der Waals surface area contributed by atoms with Gasteiger partial charge in [-0.25, -0.2) is 4.79 Å². The molecule has 0 bridgehead atoms. The van der Waals surface area contributed by atoms with Crippen LogP contribution in [0.3, 0.4) is 0 Å². The zero-order valence-electron chi connectivity index (χ0n) is 19.9. The molecule has 4 rings (SSSR count). The van der Waals surface area contributed by atoms with E-state index in [2.05, 4.69) is 4.98 Å². The zero-order chi connectivity index (χ0) is 25.2. The molecule has 1 aliphatic heterocycles. The van der Waals surface area contributed by atoms with E-state index in [0.717, 1.165) is 16.8 Å². The molecule has 1 aliphatic rings. The number of benzene rings is 2. The first-order valence-electron chi connectivity index (χ1n) is 11.9. The molecule has 1 saturated heterocycles. The maximum atomic E-state index is 13.4. The van der Waals surface area contributed by atoms with Gasteiger partial charge in [0.25, 0.3) is 5.56 Å². The zero-order valence-corrected chi connectivity index (χ0v) is 21.1. The van der Waals surface area contributed by atoms with E-state index in [-0.39, 0.29) is 12.0 Å². The smallest absolute Gasteiger partial charge is 0.330 e. The molecule has 0 unspecified atom stereocenters. The summed E-state index contributed by atoms with van der Waals surface area (Å²) in [6.45, 7) is 3.00. The number of aromatic nitrogens is 2. The fraction of sp³-hybridized carbons (Fsp3) is 0.385. The van der Waals surface area contributed by atoms with Crippen LogP contribution >= 0.6 is 0 Å². The second kappa shape index (κ2) is 10.0. The number of aliphatic hydroxyl groups is 3. The highest BCUT2D eigenvalue weighted by molar-refractivity contribution is 6.86. The summed E-state index contributed by atoms with van der Waals surface area (Å²) in [6, 6.07) is 19.0. The van der Waals surface area contributed by atoms with Crippen molar-refractivity contribution >= 4 is 19.2 Å². The number of aromatic amines is 1. The van der Waals surface area contributed by atoms with E-state index in [1.54, 1.807) is 6.92 Å². The summed E-state index contributed by atoms with van der Waals surface area (Å²) in [7, 11) is -2.79. The SMILES string of the molecule is CCCC[C@@]1(O)[C@H](O)[C@@H](CO)O[C@]1(n1cc(C)c(=O)[nH]c1=O)[SiH](c1ccccc1)c1ccccc1. The fourth-order valence-electron chi connectivity index (χ4n) is 5.30. The number of nitrogens with one attached hydrogen (secondary N) is 1. The molecule has 0 aliphatic carbocycles. The van der Waals surface area contributed by atoms with Crippen LogP contribution in [0, 0.1) is 6.92 Å². The number of unbranched alkanes of at least 4 members (excludes halogenated alkanes) is 1. The van der Waals surface area contributed by atoms with E-state index in [0.29, 0.717) is 6.42 Å². The van der Waals surface area contributed by atoms with Gasteiger partial charge < -0.3 is 20.1 Å². The lowest BCUT2D eigenvalue weighted by atomic mass is 9.88. The number of nitrogens with zero attached hydrogens (tertiary/aromatic N) is 1. The average molecular weight is 497 g/mol. The molecule has 9 heteroatoms. The van der Waals surface area contributed by atoms with Crippen molar-refractivity contribution in [1.82, 2.24) is 9.55 Å². The minimum absolute atomic E-state index is 0.134. The quantitative estimate of drug-likeness (QED) is 0.319. The van der Waals surface area contributed by atoms with Gasteiger partial charge in [0.05, 0.1) is 6.61 Å². The minimum atomic E-state index is -2.79. The van der Waals surface area contributed by atoms with Crippen molar-refractivity contribution in [2.24, 2.45) is 0 Å². The largest absolute Gasteiger partial charge is 0.394 e. The predicted molar refractivity (Wildman–Crippen MR) is 136 cm³/mol. The van der Waals surface area contributed by atoms with Gasteiger partial charge in [0.15, 0.2) is 14.1 Å². The molecular formula is C26H32N2O6Si. The summed E-state index contributed by atoms with van der Waals surface area (Å²) in [6.07, 6.45) is 0.237. The number of hydrogen-bond acceptors (Lipinski definition) is 6. The van der Waals surface area contributed by atoms with Gasteiger partial charge in [-0.15, -0.1) is 0 Å². The Kier molecular flexibility index (Phi) is 7.25. The molecule has 0 spiro atoms. The van der Waals surface area contributed by atoms with E-state index < -0.39 is 49.8 Å². The third kappa shape index (κ3) is 4.13. The molecule has 3 aromatic rings. The van der Waals surface area contributed by atoms with Crippen molar-refractivity contribution in [3.8, 4) is 0 Å². The number of hydrogen-bond donors (Lipinski definition) is 4. The second-order valence-electron chi connectivity index (χ2n) is 9.20.